The molecule has 274 valence electrons. The number of amides is 2. The largest absolute Gasteiger partial charge is 0.385 e. The molecule has 3 N–H and O–H groups in total. The Morgan fingerprint density at radius 2 is 1.21 bits per heavy atom. The van der Waals surface area contributed by atoms with Gasteiger partial charge in [0.25, 0.3) is 11.8 Å². The lowest BCUT2D eigenvalue weighted by Crippen LogP contribution is -2.20. The Bertz CT molecular complexity index is 2070. The predicted molar refractivity (Wildman–Crippen MR) is 222 cm³/mol. The van der Waals surface area contributed by atoms with Crippen LogP contribution >= 0.6 is 11.8 Å². The molecule has 0 saturated heterocycles. The third-order valence-electron chi connectivity index (χ3n) is 8.84. The van der Waals surface area contributed by atoms with Crippen LogP contribution in [0.3, 0.4) is 0 Å². The van der Waals surface area contributed by atoms with Crippen molar-refractivity contribution in [3.63, 3.8) is 0 Å². The van der Waals surface area contributed by atoms with Crippen molar-refractivity contribution in [2.24, 2.45) is 0 Å². The number of hydrogen-bond donors (Lipinski definition) is 3. The lowest BCUT2D eigenvalue weighted by atomic mass is 10.1. The number of nitrogens with one attached hydrogen (secondary N) is 3. The molecule has 0 bridgehead atoms. The molecular formula is C44H49ClN6O2. The Kier molecular flexibility index (Phi) is 15.0. The van der Waals surface area contributed by atoms with Gasteiger partial charge in [0.1, 0.15) is 0 Å². The van der Waals surface area contributed by atoms with Crippen LogP contribution in [-0.2, 0) is 0 Å². The second kappa shape index (κ2) is 20.5. The summed E-state index contributed by atoms with van der Waals surface area (Å²) in [5.41, 5.74) is 6.11. The second-order valence-corrected chi connectivity index (χ2v) is 13.3. The number of nitrogens with zero attached hydrogens (tertiary/aromatic N) is 3. The number of rotatable bonds is 16. The minimum atomic E-state index is -0.277. The smallest absolute Gasteiger partial charge is 0.272 e. The molecule has 0 atom stereocenters. The molecule has 6 aromatic rings. The average molecular weight is 729 g/mol. The zero-order valence-electron chi connectivity index (χ0n) is 30.7. The van der Waals surface area contributed by atoms with E-state index in [4.69, 9.17) is 11.8 Å². The van der Waals surface area contributed by atoms with Crippen LogP contribution < -0.4 is 20.4 Å². The molecule has 2 amide bonds. The molecule has 2 heterocycles. The molecule has 0 spiro atoms. The molecule has 53 heavy (non-hydrogen) atoms. The molecule has 9 heteroatoms. The van der Waals surface area contributed by atoms with Crippen LogP contribution in [0.25, 0.3) is 21.8 Å². The quantitative estimate of drug-likeness (QED) is 0.0678. The molecule has 0 aliphatic carbocycles. The zero-order valence-corrected chi connectivity index (χ0v) is 31.4. The molecule has 0 aliphatic heterocycles. The van der Waals surface area contributed by atoms with E-state index >= 15 is 0 Å². The van der Waals surface area contributed by atoms with Gasteiger partial charge in [-0.15, -0.1) is 0 Å². The molecule has 0 aliphatic rings. The Balaban J connectivity index is 0.000000204. The first-order chi connectivity index (χ1) is 26.0. The van der Waals surface area contributed by atoms with E-state index in [2.05, 4.69) is 39.8 Å². The number of benzene rings is 4. The molecule has 0 saturated carbocycles. The van der Waals surface area contributed by atoms with Gasteiger partial charge >= 0.3 is 0 Å². The maximum atomic E-state index is 12.8. The third-order valence-corrected chi connectivity index (χ3v) is 9.19. The minimum Gasteiger partial charge on any atom is -0.385 e. The van der Waals surface area contributed by atoms with Crippen molar-refractivity contribution in [2.75, 3.05) is 33.5 Å². The van der Waals surface area contributed by atoms with E-state index in [9.17, 15) is 9.59 Å². The van der Waals surface area contributed by atoms with E-state index in [0.29, 0.717) is 22.5 Å². The van der Waals surface area contributed by atoms with Gasteiger partial charge in [0.05, 0.1) is 40.4 Å². The maximum absolute atomic E-state index is 12.8. The first-order valence-electron chi connectivity index (χ1n) is 18.6. The fourth-order valence-corrected chi connectivity index (χ4v) is 6.05. The van der Waals surface area contributed by atoms with Crippen LogP contribution in [0.15, 0.2) is 122 Å². The third kappa shape index (κ3) is 11.5. The summed E-state index contributed by atoms with van der Waals surface area (Å²) in [6.45, 7) is 6.22. The number of unbranched alkanes of at least 4 members (excludes halogenated alkanes) is 6. The summed E-state index contributed by atoms with van der Waals surface area (Å²) in [5.74, 6) is -0.401. The second-order valence-electron chi connectivity index (χ2n) is 12.9. The normalized spacial score (nSPS) is 10.7. The van der Waals surface area contributed by atoms with Gasteiger partial charge in [0, 0.05) is 52.6 Å². The summed E-state index contributed by atoms with van der Waals surface area (Å²) >= 11 is 6.28. The highest BCUT2D eigenvalue weighted by molar-refractivity contribution is 6.39. The maximum Gasteiger partial charge on any atom is 0.272 e. The van der Waals surface area contributed by atoms with Crippen molar-refractivity contribution in [2.45, 2.75) is 65.2 Å². The van der Waals surface area contributed by atoms with E-state index < -0.39 is 0 Å². The Morgan fingerprint density at radius 1 is 0.623 bits per heavy atom. The summed E-state index contributed by atoms with van der Waals surface area (Å²) in [7, 11) is 0. The topological polar surface area (TPSA) is 99.2 Å². The van der Waals surface area contributed by atoms with E-state index in [1.165, 1.54) is 38.5 Å². The van der Waals surface area contributed by atoms with Crippen molar-refractivity contribution < 1.29 is 9.59 Å². The summed E-state index contributed by atoms with van der Waals surface area (Å²) in [4.78, 5) is 34.2. The van der Waals surface area contributed by atoms with Gasteiger partial charge in [-0.2, -0.15) is 0 Å². The van der Waals surface area contributed by atoms with Gasteiger partial charge in [-0.1, -0.05) is 101 Å². The van der Waals surface area contributed by atoms with Crippen LogP contribution in [0.1, 0.15) is 85.9 Å². The van der Waals surface area contributed by atoms with Crippen molar-refractivity contribution in [1.29, 1.82) is 0 Å². The number of para-hydroxylation sites is 3. The molecule has 0 radical (unpaired) electrons. The molecule has 6 rings (SSSR count). The van der Waals surface area contributed by atoms with E-state index in [0.717, 1.165) is 63.5 Å². The molecule has 8 nitrogen and oxygen atoms in total. The highest BCUT2D eigenvalue weighted by Gasteiger charge is 2.17. The summed E-state index contributed by atoms with van der Waals surface area (Å²) in [6.07, 6.45) is 13.0. The summed E-state index contributed by atoms with van der Waals surface area (Å²) in [5, 5.41) is 11.7. The number of pyridine rings is 2. The van der Waals surface area contributed by atoms with Crippen LogP contribution in [0.2, 0.25) is 0 Å². The highest BCUT2D eigenvalue weighted by Crippen LogP contribution is 2.24. The Hall–Kier alpha value is -5.47. The fourth-order valence-electron chi connectivity index (χ4n) is 5.86. The van der Waals surface area contributed by atoms with E-state index in [1.807, 2.05) is 97.1 Å². The zero-order chi connectivity index (χ0) is 37.3. The summed E-state index contributed by atoms with van der Waals surface area (Å²) in [6, 6.07) is 34.4. The Labute approximate surface area is 318 Å². The fraction of sp³-hybridized carbons (Fsp3) is 0.273. The van der Waals surface area contributed by atoms with Crippen molar-refractivity contribution >= 4 is 68.1 Å². The van der Waals surface area contributed by atoms with Gasteiger partial charge in [-0.05, 0) is 73.5 Å². The van der Waals surface area contributed by atoms with E-state index in [1.54, 1.807) is 24.5 Å². The Morgan fingerprint density at radius 3 is 1.94 bits per heavy atom. The lowest BCUT2D eigenvalue weighted by Gasteiger charge is -2.15. The summed E-state index contributed by atoms with van der Waals surface area (Å²) < 4.78 is 1.11. The van der Waals surface area contributed by atoms with Gasteiger partial charge in [0.2, 0.25) is 0 Å². The monoisotopic (exact) mass is 728 g/mol. The number of aromatic nitrogens is 2. The highest BCUT2D eigenvalue weighted by atomic mass is 35.5. The van der Waals surface area contributed by atoms with Crippen LogP contribution in [-0.4, -0.2) is 34.9 Å². The van der Waals surface area contributed by atoms with Crippen molar-refractivity contribution in [3.05, 3.63) is 133 Å². The first kappa shape index (κ1) is 38.8. The standard InChI is InChI=1S/C23H27N3O.C21H22ClN3O/c1-2-3-4-5-10-15-24-22-14-9-7-12-20(22)23(27)26-19-16-18-11-6-8-13-21(18)25-17-19;1-2-3-6-13-23-18-11-9-16(10-12-18)21(26)25(22)19-14-17-7-4-5-8-20(17)24-15-19/h6-9,11-14,16-17,24H,2-5,10,15H2,1H3,(H,26,27);4-5,7-12,14-15,23H,2-3,6,13H2,1H3. The molecule has 2 aromatic heterocycles. The number of carbonyl (C=O) groups is 2. The molecule has 0 unspecified atom stereocenters. The van der Waals surface area contributed by atoms with Gasteiger partial charge < -0.3 is 16.0 Å². The van der Waals surface area contributed by atoms with Gasteiger partial charge in [-0.3, -0.25) is 19.6 Å². The molecule has 4 aromatic carbocycles. The van der Waals surface area contributed by atoms with Crippen LogP contribution in [0.4, 0.5) is 22.7 Å². The number of fused-ring (bicyclic) bond motifs is 2. The predicted octanol–water partition coefficient (Wildman–Crippen LogP) is 11.5. The minimum absolute atomic E-state index is 0.124. The average Bonchev–Trinajstić information content (AvgIpc) is 3.20. The van der Waals surface area contributed by atoms with Crippen molar-refractivity contribution in [1.82, 2.24) is 9.97 Å². The van der Waals surface area contributed by atoms with Crippen molar-refractivity contribution in [3.8, 4) is 0 Å². The van der Waals surface area contributed by atoms with Crippen LogP contribution in [0.5, 0.6) is 0 Å². The molecular weight excluding hydrogens is 680 g/mol. The van der Waals surface area contributed by atoms with Gasteiger partial charge in [-0.25, -0.2) is 4.42 Å². The van der Waals surface area contributed by atoms with Crippen LogP contribution in [0, 0.1) is 0 Å². The number of hydrogen-bond acceptors (Lipinski definition) is 6. The SMILES string of the molecule is CCCCCCCNc1ccccc1C(=O)Nc1cnc2ccccc2c1.CCCCCNc1ccc(C(=O)N(Cl)c2cnc3ccccc3c2)cc1. The lowest BCUT2D eigenvalue weighted by molar-refractivity contribution is 0.100. The number of carbonyl (C=O) groups excluding carboxylic acids is 2. The first-order valence-corrected chi connectivity index (χ1v) is 19.0. The van der Waals surface area contributed by atoms with Gasteiger partial charge in [0.15, 0.2) is 0 Å². The number of halogens is 1. The number of anilines is 4. The van der Waals surface area contributed by atoms with E-state index in [-0.39, 0.29) is 11.8 Å². The molecule has 0 fully saturated rings.